The van der Waals surface area contributed by atoms with E-state index in [1.54, 1.807) is 18.4 Å². The first kappa shape index (κ1) is 17.7. The Balaban J connectivity index is 1.58. The zero-order valence-corrected chi connectivity index (χ0v) is 14.8. The van der Waals surface area contributed by atoms with E-state index in [1.807, 2.05) is 38.1 Å². The summed E-state index contributed by atoms with van der Waals surface area (Å²) in [6.07, 6.45) is 1.74. The van der Waals surface area contributed by atoms with Crippen LogP contribution in [0.25, 0.3) is 10.9 Å². The molecule has 3 rings (SSSR count). The Morgan fingerprint density at radius 1 is 1.04 bits per heavy atom. The molecule has 0 saturated carbocycles. The van der Waals surface area contributed by atoms with Gasteiger partial charge in [-0.25, -0.2) is 0 Å². The highest BCUT2D eigenvalue weighted by atomic mass is 16.3. The lowest BCUT2D eigenvalue weighted by atomic mass is 9.99. The van der Waals surface area contributed by atoms with E-state index >= 15 is 0 Å². The third-order valence-electron chi connectivity index (χ3n) is 4.31. The summed E-state index contributed by atoms with van der Waals surface area (Å²) in [4.78, 5) is 28.6. The van der Waals surface area contributed by atoms with Crippen molar-refractivity contribution in [1.29, 1.82) is 0 Å². The second kappa shape index (κ2) is 7.82. The maximum absolute atomic E-state index is 12.3. The molecule has 0 aliphatic heterocycles. The van der Waals surface area contributed by atoms with Crippen LogP contribution in [-0.4, -0.2) is 23.3 Å². The van der Waals surface area contributed by atoms with Gasteiger partial charge in [0.05, 0.1) is 31.3 Å². The summed E-state index contributed by atoms with van der Waals surface area (Å²) < 4.78 is 5.14. The molecule has 3 aromatic rings. The number of rotatable bonds is 6. The number of aryl methyl sites for hydroxylation is 2. The van der Waals surface area contributed by atoms with Gasteiger partial charge in [-0.1, -0.05) is 18.2 Å². The van der Waals surface area contributed by atoms with Gasteiger partial charge in [-0.15, -0.1) is 0 Å². The summed E-state index contributed by atoms with van der Waals surface area (Å²) in [6, 6.07) is 11.4. The first-order chi connectivity index (χ1) is 12.5. The highest BCUT2D eigenvalue weighted by molar-refractivity contribution is 5.88. The predicted octanol–water partition coefficient (Wildman–Crippen LogP) is 2.42. The number of fused-ring (bicyclic) bond motifs is 1. The van der Waals surface area contributed by atoms with Crippen LogP contribution in [0, 0.1) is 13.8 Å². The lowest BCUT2D eigenvalue weighted by molar-refractivity contribution is -0.125. The highest BCUT2D eigenvalue weighted by Gasteiger charge is 2.13. The molecule has 6 nitrogen and oxygen atoms in total. The van der Waals surface area contributed by atoms with Crippen LogP contribution in [0.3, 0.4) is 0 Å². The van der Waals surface area contributed by atoms with Crippen molar-refractivity contribution in [2.24, 2.45) is 0 Å². The molecule has 2 heterocycles. The Labute approximate surface area is 151 Å². The molecule has 0 radical (unpaired) electrons. The third kappa shape index (κ3) is 4.08. The van der Waals surface area contributed by atoms with E-state index in [9.17, 15) is 9.59 Å². The van der Waals surface area contributed by atoms with Crippen molar-refractivity contribution >= 4 is 22.7 Å². The molecule has 0 bridgehead atoms. The quantitative estimate of drug-likeness (QED) is 0.714. The highest BCUT2D eigenvalue weighted by Crippen LogP contribution is 2.22. The molecule has 0 fully saturated rings. The number of hydrogen-bond donors (Lipinski definition) is 2. The third-order valence-corrected chi connectivity index (χ3v) is 4.31. The summed E-state index contributed by atoms with van der Waals surface area (Å²) in [7, 11) is 0. The summed E-state index contributed by atoms with van der Waals surface area (Å²) in [5.41, 5.74) is 3.70. The molecule has 134 valence electrons. The van der Waals surface area contributed by atoms with Gasteiger partial charge in [0, 0.05) is 11.1 Å². The largest absolute Gasteiger partial charge is 0.467 e. The van der Waals surface area contributed by atoms with Gasteiger partial charge in [0.1, 0.15) is 5.76 Å². The number of carbonyl (C=O) groups is 2. The van der Waals surface area contributed by atoms with Crippen molar-refractivity contribution in [1.82, 2.24) is 15.6 Å². The maximum atomic E-state index is 12.3. The lowest BCUT2D eigenvalue weighted by Gasteiger charge is -2.12. The number of nitrogens with zero attached hydrogens (tertiary/aromatic N) is 1. The molecule has 0 unspecified atom stereocenters. The molecule has 0 saturated heterocycles. The molecule has 0 aliphatic rings. The monoisotopic (exact) mass is 351 g/mol. The van der Waals surface area contributed by atoms with Gasteiger partial charge >= 0.3 is 0 Å². The Bertz CT molecular complexity index is 933. The summed E-state index contributed by atoms with van der Waals surface area (Å²) in [5.74, 6) is 0.194. The number of nitrogens with one attached hydrogen (secondary N) is 2. The minimum atomic E-state index is -0.264. The molecule has 2 N–H and O–H groups in total. The summed E-state index contributed by atoms with van der Waals surface area (Å²) >= 11 is 0. The van der Waals surface area contributed by atoms with E-state index in [4.69, 9.17) is 4.42 Å². The molecule has 0 atom stereocenters. The molecular formula is C20H21N3O3. The molecule has 6 heteroatoms. The Morgan fingerprint density at radius 2 is 1.85 bits per heavy atom. The van der Waals surface area contributed by atoms with E-state index < -0.39 is 0 Å². The van der Waals surface area contributed by atoms with Crippen LogP contribution in [0.1, 0.15) is 22.6 Å². The SMILES string of the molecule is Cc1nc2ccccc2c(C)c1CC(=O)NCC(=O)NCc1ccco1. The van der Waals surface area contributed by atoms with Crippen LogP contribution in [0.4, 0.5) is 0 Å². The minimum absolute atomic E-state index is 0.0708. The fourth-order valence-corrected chi connectivity index (χ4v) is 2.89. The molecule has 26 heavy (non-hydrogen) atoms. The number of carbonyl (C=O) groups excluding carboxylic acids is 2. The average Bonchev–Trinajstić information content (AvgIpc) is 3.15. The Hall–Kier alpha value is -3.15. The van der Waals surface area contributed by atoms with Crippen molar-refractivity contribution in [3.05, 3.63) is 65.2 Å². The smallest absolute Gasteiger partial charge is 0.239 e. The van der Waals surface area contributed by atoms with Crippen LogP contribution in [0.15, 0.2) is 47.1 Å². The second-order valence-corrected chi connectivity index (χ2v) is 6.13. The fraction of sp³-hybridized carbons (Fsp3) is 0.250. The second-order valence-electron chi connectivity index (χ2n) is 6.13. The normalized spacial score (nSPS) is 10.7. The average molecular weight is 351 g/mol. The number of hydrogen-bond acceptors (Lipinski definition) is 4. The summed E-state index contributed by atoms with van der Waals surface area (Å²) in [6.45, 7) is 4.13. The lowest BCUT2D eigenvalue weighted by Crippen LogP contribution is -2.37. The van der Waals surface area contributed by atoms with Crippen molar-refractivity contribution in [3.8, 4) is 0 Å². The molecule has 1 aromatic carbocycles. The zero-order valence-electron chi connectivity index (χ0n) is 14.8. The zero-order chi connectivity index (χ0) is 18.5. The Morgan fingerprint density at radius 3 is 2.62 bits per heavy atom. The van der Waals surface area contributed by atoms with Gasteiger partial charge in [0.2, 0.25) is 11.8 Å². The van der Waals surface area contributed by atoms with Crippen molar-refractivity contribution in [3.63, 3.8) is 0 Å². The van der Waals surface area contributed by atoms with E-state index in [0.29, 0.717) is 12.3 Å². The molecule has 2 amide bonds. The van der Waals surface area contributed by atoms with Crippen LogP contribution < -0.4 is 10.6 Å². The molecule has 0 spiro atoms. The van der Waals surface area contributed by atoms with Crippen LogP contribution in [-0.2, 0) is 22.6 Å². The van der Waals surface area contributed by atoms with E-state index in [-0.39, 0.29) is 24.8 Å². The number of para-hydroxylation sites is 1. The first-order valence-corrected chi connectivity index (χ1v) is 8.45. The Kier molecular flexibility index (Phi) is 5.31. The fourth-order valence-electron chi connectivity index (χ4n) is 2.89. The minimum Gasteiger partial charge on any atom is -0.467 e. The van der Waals surface area contributed by atoms with Gasteiger partial charge in [-0.05, 0) is 43.2 Å². The van der Waals surface area contributed by atoms with E-state index in [2.05, 4.69) is 15.6 Å². The van der Waals surface area contributed by atoms with Crippen molar-refractivity contribution in [2.45, 2.75) is 26.8 Å². The summed E-state index contributed by atoms with van der Waals surface area (Å²) in [5, 5.41) is 6.38. The number of aromatic nitrogens is 1. The van der Waals surface area contributed by atoms with E-state index in [1.165, 1.54) is 0 Å². The van der Waals surface area contributed by atoms with Crippen LogP contribution in [0.5, 0.6) is 0 Å². The number of benzene rings is 1. The number of amides is 2. The predicted molar refractivity (Wildman–Crippen MR) is 98.5 cm³/mol. The first-order valence-electron chi connectivity index (χ1n) is 8.45. The number of pyridine rings is 1. The standard InChI is InChI=1S/C20H21N3O3/c1-13-16-7-3-4-8-18(16)23-14(2)17(13)10-19(24)22-12-20(25)21-11-15-6-5-9-26-15/h3-9H,10-12H2,1-2H3,(H,21,25)(H,22,24). The van der Waals surface area contributed by atoms with Crippen molar-refractivity contribution in [2.75, 3.05) is 6.54 Å². The van der Waals surface area contributed by atoms with Gasteiger partial charge in [0.25, 0.3) is 0 Å². The molecule has 0 aliphatic carbocycles. The van der Waals surface area contributed by atoms with Gasteiger partial charge < -0.3 is 15.1 Å². The van der Waals surface area contributed by atoms with Gasteiger partial charge in [-0.3, -0.25) is 14.6 Å². The van der Waals surface area contributed by atoms with Gasteiger partial charge in [-0.2, -0.15) is 0 Å². The maximum Gasteiger partial charge on any atom is 0.239 e. The number of furan rings is 1. The molecular weight excluding hydrogens is 330 g/mol. The van der Waals surface area contributed by atoms with Crippen LogP contribution in [0.2, 0.25) is 0 Å². The topological polar surface area (TPSA) is 84.2 Å². The van der Waals surface area contributed by atoms with Crippen LogP contribution >= 0.6 is 0 Å². The van der Waals surface area contributed by atoms with E-state index in [0.717, 1.165) is 27.7 Å². The van der Waals surface area contributed by atoms with Crippen molar-refractivity contribution < 1.29 is 14.0 Å². The molecule has 2 aromatic heterocycles. The van der Waals surface area contributed by atoms with Gasteiger partial charge in [0.15, 0.2) is 0 Å².